The van der Waals surface area contributed by atoms with Crippen LogP contribution in [0.3, 0.4) is 0 Å². The molecule has 3 aromatic rings. The lowest BCUT2D eigenvalue weighted by Crippen LogP contribution is -2.22. The van der Waals surface area contributed by atoms with Gasteiger partial charge in [0.2, 0.25) is 0 Å². The molecule has 0 unspecified atom stereocenters. The number of carbonyl (C=O) groups is 2. The first-order valence-electron chi connectivity index (χ1n) is 12.0. The highest BCUT2D eigenvalue weighted by molar-refractivity contribution is 5.94. The third-order valence-electron chi connectivity index (χ3n) is 5.53. The number of ether oxygens (including phenoxy) is 2. The van der Waals surface area contributed by atoms with Crippen molar-refractivity contribution in [2.24, 2.45) is 0 Å². The fourth-order valence-electron chi connectivity index (χ4n) is 3.44. The number of benzene rings is 3. The molecule has 36 heavy (non-hydrogen) atoms. The minimum Gasteiger partial charge on any atom is -0.494 e. The van der Waals surface area contributed by atoms with Gasteiger partial charge in [-0.15, -0.1) is 0 Å². The van der Waals surface area contributed by atoms with Crippen molar-refractivity contribution in [2.45, 2.75) is 45.6 Å². The van der Waals surface area contributed by atoms with E-state index in [4.69, 9.17) is 9.47 Å². The number of nitro groups is 1. The minimum atomic E-state index is -0.517. The van der Waals surface area contributed by atoms with Gasteiger partial charge in [-0.1, -0.05) is 44.7 Å². The van der Waals surface area contributed by atoms with Gasteiger partial charge in [0.1, 0.15) is 11.5 Å². The van der Waals surface area contributed by atoms with Crippen LogP contribution in [0.2, 0.25) is 0 Å². The zero-order valence-electron chi connectivity index (χ0n) is 20.3. The molecule has 0 bridgehead atoms. The van der Waals surface area contributed by atoms with E-state index in [1.165, 1.54) is 43.5 Å². The summed E-state index contributed by atoms with van der Waals surface area (Å²) >= 11 is 0. The Kier molecular flexibility index (Phi) is 10.00. The Morgan fingerprint density at radius 1 is 0.806 bits per heavy atom. The monoisotopic (exact) mass is 490 g/mol. The van der Waals surface area contributed by atoms with E-state index in [1.807, 2.05) is 0 Å². The number of amides is 1. The van der Waals surface area contributed by atoms with Crippen LogP contribution in [0.4, 0.5) is 5.69 Å². The second-order valence-corrected chi connectivity index (χ2v) is 8.31. The number of hydrogen-bond donors (Lipinski definition) is 1. The lowest BCUT2D eigenvalue weighted by Gasteiger charge is -2.09. The van der Waals surface area contributed by atoms with Crippen LogP contribution in [-0.2, 0) is 6.54 Å². The van der Waals surface area contributed by atoms with Crippen LogP contribution in [0, 0.1) is 10.1 Å². The molecule has 0 aliphatic heterocycles. The highest BCUT2D eigenvalue weighted by Crippen LogP contribution is 2.18. The van der Waals surface area contributed by atoms with E-state index in [0.717, 1.165) is 24.2 Å². The molecule has 0 saturated heterocycles. The number of unbranched alkanes of at least 4 members (excludes halogenated alkanes) is 4. The maximum Gasteiger partial charge on any atom is 0.343 e. The summed E-state index contributed by atoms with van der Waals surface area (Å²) in [6.07, 6.45) is 5.86. The Morgan fingerprint density at radius 3 is 2.06 bits per heavy atom. The van der Waals surface area contributed by atoms with E-state index < -0.39 is 10.9 Å². The predicted molar refractivity (Wildman–Crippen MR) is 136 cm³/mol. The quantitative estimate of drug-likeness (QED) is 0.102. The molecule has 0 aromatic heterocycles. The van der Waals surface area contributed by atoms with Crippen LogP contribution in [0.1, 0.15) is 65.3 Å². The van der Waals surface area contributed by atoms with E-state index in [9.17, 15) is 19.7 Å². The van der Waals surface area contributed by atoms with Crippen molar-refractivity contribution < 1.29 is 24.0 Å². The molecule has 0 aliphatic carbocycles. The summed E-state index contributed by atoms with van der Waals surface area (Å²) in [6.45, 7) is 3.10. The topological polar surface area (TPSA) is 108 Å². The van der Waals surface area contributed by atoms with E-state index in [2.05, 4.69) is 12.2 Å². The third kappa shape index (κ3) is 8.23. The Balaban J connectivity index is 1.43. The van der Waals surface area contributed by atoms with Crippen molar-refractivity contribution in [3.8, 4) is 11.5 Å². The summed E-state index contributed by atoms with van der Waals surface area (Å²) in [5.74, 6) is 0.296. The first-order valence-corrected chi connectivity index (χ1v) is 12.0. The molecule has 188 valence electrons. The van der Waals surface area contributed by atoms with Gasteiger partial charge in [0.05, 0.1) is 17.1 Å². The number of rotatable bonds is 13. The van der Waals surface area contributed by atoms with Crippen LogP contribution in [0.5, 0.6) is 11.5 Å². The van der Waals surface area contributed by atoms with Gasteiger partial charge in [-0.25, -0.2) is 4.79 Å². The van der Waals surface area contributed by atoms with Gasteiger partial charge in [0.25, 0.3) is 11.6 Å². The first-order chi connectivity index (χ1) is 17.5. The average molecular weight is 491 g/mol. The molecule has 8 nitrogen and oxygen atoms in total. The summed E-state index contributed by atoms with van der Waals surface area (Å²) < 4.78 is 11.2. The van der Waals surface area contributed by atoms with Gasteiger partial charge in [0.15, 0.2) is 0 Å². The number of non-ortho nitro benzene ring substituents is 1. The fourth-order valence-corrected chi connectivity index (χ4v) is 3.44. The van der Waals surface area contributed by atoms with E-state index in [1.54, 1.807) is 48.5 Å². The third-order valence-corrected chi connectivity index (χ3v) is 5.53. The van der Waals surface area contributed by atoms with Gasteiger partial charge < -0.3 is 14.8 Å². The number of carbonyl (C=O) groups excluding carboxylic acids is 2. The van der Waals surface area contributed by atoms with E-state index >= 15 is 0 Å². The Morgan fingerprint density at radius 2 is 1.42 bits per heavy atom. The summed E-state index contributed by atoms with van der Waals surface area (Å²) in [5, 5.41) is 13.5. The average Bonchev–Trinajstić information content (AvgIpc) is 2.90. The van der Waals surface area contributed by atoms with Crippen LogP contribution >= 0.6 is 0 Å². The molecule has 0 spiro atoms. The Hall–Kier alpha value is -4.20. The number of nitro benzene ring substituents is 1. The molecule has 0 aliphatic rings. The molecule has 0 radical (unpaired) electrons. The van der Waals surface area contributed by atoms with Crippen molar-refractivity contribution in [3.63, 3.8) is 0 Å². The van der Waals surface area contributed by atoms with Crippen LogP contribution in [-0.4, -0.2) is 23.4 Å². The maximum absolute atomic E-state index is 12.4. The number of esters is 1. The summed E-state index contributed by atoms with van der Waals surface area (Å²) in [5.41, 5.74) is 1.48. The summed E-state index contributed by atoms with van der Waals surface area (Å²) in [7, 11) is 0. The molecule has 0 heterocycles. The van der Waals surface area contributed by atoms with Gasteiger partial charge in [-0.05, 0) is 60.5 Å². The van der Waals surface area contributed by atoms with Crippen molar-refractivity contribution in [1.82, 2.24) is 5.32 Å². The Bertz CT molecular complexity index is 1140. The largest absolute Gasteiger partial charge is 0.494 e. The van der Waals surface area contributed by atoms with Gasteiger partial charge >= 0.3 is 5.97 Å². The molecule has 3 rings (SSSR count). The van der Waals surface area contributed by atoms with Crippen LogP contribution in [0.15, 0.2) is 72.8 Å². The van der Waals surface area contributed by atoms with Gasteiger partial charge in [-0.2, -0.15) is 0 Å². The normalized spacial score (nSPS) is 10.5. The van der Waals surface area contributed by atoms with Crippen LogP contribution < -0.4 is 14.8 Å². The predicted octanol–water partition coefficient (Wildman–Crippen LogP) is 6.09. The maximum atomic E-state index is 12.4. The number of hydrogen-bond acceptors (Lipinski definition) is 6. The second kappa shape index (κ2) is 13.6. The lowest BCUT2D eigenvalue weighted by molar-refractivity contribution is -0.384. The number of nitrogens with one attached hydrogen (secondary N) is 1. The smallest absolute Gasteiger partial charge is 0.343 e. The molecular formula is C28H30N2O6. The zero-order chi connectivity index (χ0) is 25.8. The summed E-state index contributed by atoms with van der Waals surface area (Å²) in [4.78, 5) is 34.9. The highest BCUT2D eigenvalue weighted by Gasteiger charge is 2.11. The van der Waals surface area contributed by atoms with Gasteiger partial charge in [0, 0.05) is 24.2 Å². The van der Waals surface area contributed by atoms with Gasteiger partial charge in [-0.3, -0.25) is 14.9 Å². The first kappa shape index (κ1) is 26.4. The van der Waals surface area contributed by atoms with Crippen molar-refractivity contribution >= 4 is 17.6 Å². The molecule has 0 fully saturated rings. The molecular weight excluding hydrogens is 460 g/mol. The minimum absolute atomic E-state index is 0.0749. The molecule has 1 amide bonds. The SMILES string of the molecule is CCCCCCCOc1ccc(C(=O)Oc2ccc(CNC(=O)c3ccc([N+](=O)[O-])cc3)cc2)cc1. The lowest BCUT2D eigenvalue weighted by atomic mass is 10.1. The molecule has 3 aromatic carbocycles. The second-order valence-electron chi connectivity index (χ2n) is 8.31. The van der Waals surface area contributed by atoms with Crippen molar-refractivity contribution in [1.29, 1.82) is 0 Å². The molecule has 0 saturated carbocycles. The van der Waals surface area contributed by atoms with E-state index in [0.29, 0.717) is 23.5 Å². The van der Waals surface area contributed by atoms with Crippen molar-refractivity contribution in [3.05, 3.63) is 99.6 Å². The highest BCUT2D eigenvalue weighted by atomic mass is 16.6. The fraction of sp³-hybridized carbons (Fsp3) is 0.286. The van der Waals surface area contributed by atoms with E-state index in [-0.39, 0.29) is 18.1 Å². The van der Waals surface area contributed by atoms with Crippen molar-refractivity contribution in [2.75, 3.05) is 6.61 Å². The molecule has 8 heteroatoms. The number of nitrogens with zero attached hydrogens (tertiary/aromatic N) is 1. The standard InChI is InChI=1S/C28H30N2O6/c1-2-3-4-5-6-19-35-25-17-11-23(12-18-25)28(32)36-26-15-7-21(8-16-26)20-29-27(31)22-9-13-24(14-10-22)30(33)34/h7-18H,2-6,19-20H2,1H3,(H,29,31). The molecule has 0 atom stereocenters. The van der Waals surface area contributed by atoms with Crippen LogP contribution in [0.25, 0.3) is 0 Å². The summed E-state index contributed by atoms with van der Waals surface area (Å²) in [6, 6.07) is 19.1. The Labute approximate surface area is 210 Å². The zero-order valence-corrected chi connectivity index (χ0v) is 20.3. The molecule has 1 N–H and O–H groups in total.